The minimum atomic E-state index is 0.251. The van der Waals surface area contributed by atoms with Gasteiger partial charge in [-0.15, -0.1) is 0 Å². The quantitative estimate of drug-likeness (QED) is 0.732. The summed E-state index contributed by atoms with van der Waals surface area (Å²) in [5.41, 5.74) is 0. The first-order chi connectivity index (χ1) is 7.66. The lowest BCUT2D eigenvalue weighted by molar-refractivity contribution is -0.128. The van der Waals surface area contributed by atoms with Gasteiger partial charge in [-0.3, -0.25) is 4.79 Å². The van der Waals surface area contributed by atoms with E-state index in [2.05, 4.69) is 10.2 Å². The topological polar surface area (TPSA) is 35.6 Å². The van der Waals surface area contributed by atoms with Crippen LogP contribution in [0.15, 0.2) is 0 Å². The van der Waals surface area contributed by atoms with Gasteiger partial charge < -0.3 is 15.1 Å². The van der Waals surface area contributed by atoms with Crippen molar-refractivity contribution in [2.75, 3.05) is 46.8 Å². The van der Waals surface area contributed by atoms with E-state index in [1.165, 1.54) is 26.2 Å². The Hall–Kier alpha value is -0.610. The lowest BCUT2D eigenvalue weighted by Crippen LogP contribution is -2.28. The van der Waals surface area contributed by atoms with Crippen LogP contribution in [0.5, 0.6) is 0 Å². The zero-order chi connectivity index (χ0) is 11.5. The standard InChI is InChI=1S/C12H23N3O/c1-14(2)12(16)4-3-5-15-8-10-6-13-7-11(10)9-15/h10-11,13H,3-9H2,1-2H3/t10-,11+. The third-order valence-corrected chi connectivity index (χ3v) is 3.83. The fourth-order valence-electron chi connectivity index (χ4n) is 2.81. The van der Waals surface area contributed by atoms with Crippen LogP contribution in [0.2, 0.25) is 0 Å². The summed E-state index contributed by atoms with van der Waals surface area (Å²) in [6.45, 7) is 5.93. The van der Waals surface area contributed by atoms with Gasteiger partial charge in [0.25, 0.3) is 0 Å². The summed E-state index contributed by atoms with van der Waals surface area (Å²) in [5.74, 6) is 1.98. The van der Waals surface area contributed by atoms with Crippen LogP contribution in [0.25, 0.3) is 0 Å². The highest BCUT2D eigenvalue weighted by molar-refractivity contribution is 5.75. The lowest BCUT2D eigenvalue weighted by Gasteiger charge is -2.17. The van der Waals surface area contributed by atoms with Crippen molar-refractivity contribution in [2.45, 2.75) is 12.8 Å². The Morgan fingerprint density at radius 2 is 1.94 bits per heavy atom. The first-order valence-electron chi connectivity index (χ1n) is 6.30. The predicted octanol–water partition coefficient (Wildman–Crippen LogP) is 0.00600. The largest absolute Gasteiger partial charge is 0.349 e. The second-order valence-electron chi connectivity index (χ2n) is 5.33. The van der Waals surface area contributed by atoms with Gasteiger partial charge >= 0.3 is 0 Å². The molecule has 2 heterocycles. The first kappa shape index (κ1) is 11.9. The molecule has 0 unspecified atom stereocenters. The lowest BCUT2D eigenvalue weighted by atomic mass is 10.0. The van der Waals surface area contributed by atoms with Gasteiger partial charge in [-0.2, -0.15) is 0 Å². The van der Waals surface area contributed by atoms with Gasteiger partial charge in [0.15, 0.2) is 0 Å². The Kier molecular flexibility index (Phi) is 3.82. The third-order valence-electron chi connectivity index (χ3n) is 3.83. The number of nitrogens with one attached hydrogen (secondary N) is 1. The SMILES string of the molecule is CN(C)C(=O)CCCN1C[C@H]2CNC[C@H]2C1. The average molecular weight is 225 g/mol. The van der Waals surface area contributed by atoms with E-state index in [1.807, 2.05) is 14.1 Å². The molecule has 0 aliphatic carbocycles. The number of likely N-dealkylation sites (tertiary alicyclic amines) is 1. The molecule has 0 aromatic heterocycles. The number of hydrogen-bond donors (Lipinski definition) is 1. The van der Waals surface area contributed by atoms with Crippen LogP contribution in [0, 0.1) is 11.8 Å². The van der Waals surface area contributed by atoms with E-state index >= 15 is 0 Å². The molecule has 2 aliphatic heterocycles. The van der Waals surface area contributed by atoms with Gasteiger partial charge in [0.2, 0.25) is 5.91 Å². The molecule has 4 heteroatoms. The molecule has 4 nitrogen and oxygen atoms in total. The van der Waals surface area contributed by atoms with Gasteiger partial charge in [0.05, 0.1) is 0 Å². The Bertz CT molecular complexity index is 243. The number of fused-ring (bicyclic) bond motifs is 1. The highest BCUT2D eigenvalue weighted by Crippen LogP contribution is 2.26. The van der Waals surface area contributed by atoms with Crippen LogP contribution < -0.4 is 5.32 Å². The molecule has 2 saturated heterocycles. The Balaban J connectivity index is 1.63. The summed E-state index contributed by atoms with van der Waals surface area (Å²) in [6.07, 6.45) is 1.70. The number of nitrogens with zero attached hydrogens (tertiary/aromatic N) is 2. The number of hydrogen-bond acceptors (Lipinski definition) is 3. The fraction of sp³-hybridized carbons (Fsp3) is 0.917. The van der Waals surface area contributed by atoms with Crippen molar-refractivity contribution in [1.29, 1.82) is 0 Å². The molecule has 0 bridgehead atoms. The van der Waals surface area contributed by atoms with Crippen molar-refractivity contribution in [3.8, 4) is 0 Å². The van der Waals surface area contributed by atoms with Crippen LogP contribution in [-0.2, 0) is 4.79 Å². The summed E-state index contributed by atoms with van der Waals surface area (Å²) >= 11 is 0. The van der Waals surface area contributed by atoms with E-state index < -0.39 is 0 Å². The van der Waals surface area contributed by atoms with Gasteiger partial charge in [-0.05, 0) is 37.9 Å². The maximum atomic E-state index is 11.4. The van der Waals surface area contributed by atoms with Crippen molar-refractivity contribution >= 4 is 5.91 Å². The predicted molar refractivity (Wildman–Crippen MR) is 64.2 cm³/mol. The van der Waals surface area contributed by atoms with Crippen LogP contribution in [0.1, 0.15) is 12.8 Å². The van der Waals surface area contributed by atoms with Crippen molar-refractivity contribution in [1.82, 2.24) is 15.1 Å². The van der Waals surface area contributed by atoms with E-state index in [4.69, 9.17) is 0 Å². The zero-order valence-electron chi connectivity index (χ0n) is 10.4. The summed E-state index contributed by atoms with van der Waals surface area (Å²) in [5, 5.41) is 3.45. The molecule has 2 atom stereocenters. The average Bonchev–Trinajstić information content (AvgIpc) is 2.77. The van der Waals surface area contributed by atoms with Crippen molar-refractivity contribution in [3.63, 3.8) is 0 Å². The van der Waals surface area contributed by atoms with E-state index in [0.717, 1.165) is 24.8 Å². The minimum Gasteiger partial charge on any atom is -0.349 e. The van der Waals surface area contributed by atoms with Crippen molar-refractivity contribution in [2.24, 2.45) is 11.8 Å². The molecule has 0 radical (unpaired) electrons. The molecule has 16 heavy (non-hydrogen) atoms. The van der Waals surface area contributed by atoms with E-state index in [0.29, 0.717) is 6.42 Å². The van der Waals surface area contributed by atoms with Crippen LogP contribution in [0.3, 0.4) is 0 Å². The van der Waals surface area contributed by atoms with Gasteiger partial charge in [0.1, 0.15) is 0 Å². The highest BCUT2D eigenvalue weighted by atomic mass is 16.2. The molecule has 92 valence electrons. The first-order valence-corrected chi connectivity index (χ1v) is 6.30. The zero-order valence-corrected chi connectivity index (χ0v) is 10.4. The van der Waals surface area contributed by atoms with Gasteiger partial charge in [-0.25, -0.2) is 0 Å². The molecule has 0 spiro atoms. The molecular formula is C12H23N3O. The molecule has 0 aromatic rings. The van der Waals surface area contributed by atoms with E-state index in [1.54, 1.807) is 4.90 Å². The van der Waals surface area contributed by atoms with E-state index in [9.17, 15) is 4.79 Å². The van der Waals surface area contributed by atoms with Crippen LogP contribution >= 0.6 is 0 Å². The van der Waals surface area contributed by atoms with Crippen molar-refractivity contribution in [3.05, 3.63) is 0 Å². The Morgan fingerprint density at radius 1 is 1.31 bits per heavy atom. The summed E-state index contributed by atoms with van der Waals surface area (Å²) in [6, 6.07) is 0. The molecule has 0 aromatic carbocycles. The molecule has 2 fully saturated rings. The number of rotatable bonds is 4. The molecule has 1 N–H and O–H groups in total. The fourth-order valence-corrected chi connectivity index (χ4v) is 2.81. The summed E-state index contributed by atoms with van der Waals surface area (Å²) in [4.78, 5) is 15.6. The summed E-state index contributed by atoms with van der Waals surface area (Å²) in [7, 11) is 3.66. The molecular weight excluding hydrogens is 202 g/mol. The molecule has 2 aliphatic rings. The number of amides is 1. The highest BCUT2D eigenvalue weighted by Gasteiger charge is 2.35. The molecule has 0 saturated carbocycles. The molecule has 2 rings (SSSR count). The van der Waals surface area contributed by atoms with Crippen LogP contribution in [0.4, 0.5) is 0 Å². The maximum Gasteiger partial charge on any atom is 0.222 e. The smallest absolute Gasteiger partial charge is 0.222 e. The van der Waals surface area contributed by atoms with Gasteiger partial charge in [0, 0.05) is 33.6 Å². The minimum absolute atomic E-state index is 0.251. The van der Waals surface area contributed by atoms with Gasteiger partial charge in [-0.1, -0.05) is 0 Å². The second kappa shape index (κ2) is 5.15. The maximum absolute atomic E-state index is 11.4. The van der Waals surface area contributed by atoms with Crippen LogP contribution in [-0.4, -0.2) is 62.5 Å². The summed E-state index contributed by atoms with van der Waals surface area (Å²) < 4.78 is 0. The van der Waals surface area contributed by atoms with E-state index in [-0.39, 0.29) is 5.91 Å². The second-order valence-corrected chi connectivity index (χ2v) is 5.33. The Morgan fingerprint density at radius 3 is 2.50 bits per heavy atom. The normalized spacial score (nSPS) is 29.4. The number of carbonyl (C=O) groups is 1. The third kappa shape index (κ3) is 2.74. The monoisotopic (exact) mass is 225 g/mol. The van der Waals surface area contributed by atoms with Crippen molar-refractivity contribution < 1.29 is 4.79 Å². The Labute approximate surface area is 98.0 Å². The number of carbonyl (C=O) groups excluding carboxylic acids is 1. The molecule has 1 amide bonds.